The Morgan fingerprint density at radius 1 is 1.26 bits per heavy atom. The van der Waals surface area contributed by atoms with Crippen LogP contribution in [0.2, 0.25) is 0 Å². The normalized spacial score (nSPS) is 18.0. The van der Waals surface area contributed by atoms with Crippen molar-refractivity contribution < 1.29 is 0 Å². The van der Waals surface area contributed by atoms with Crippen LogP contribution in [0.25, 0.3) is 0 Å². The second-order valence-corrected chi connectivity index (χ2v) is 8.53. The molecule has 118 valence electrons. The largest absolute Gasteiger partial charge is 0.273 e. The minimum absolute atomic E-state index is 0.287. The number of aromatic nitrogens is 2. The van der Waals surface area contributed by atoms with Gasteiger partial charge >= 0.3 is 0 Å². The van der Waals surface area contributed by atoms with E-state index in [1.54, 1.807) is 11.3 Å². The van der Waals surface area contributed by atoms with E-state index in [2.05, 4.69) is 51.8 Å². The first kappa shape index (κ1) is 15.2. The van der Waals surface area contributed by atoms with Crippen LogP contribution in [0.15, 0.2) is 41.8 Å². The van der Waals surface area contributed by atoms with Gasteiger partial charge in [-0.1, -0.05) is 41.7 Å². The first-order valence-corrected chi connectivity index (χ1v) is 9.72. The van der Waals surface area contributed by atoms with Gasteiger partial charge in [0.1, 0.15) is 5.01 Å². The fourth-order valence-corrected chi connectivity index (χ4v) is 5.18. The third-order valence-corrected chi connectivity index (χ3v) is 6.42. The van der Waals surface area contributed by atoms with E-state index in [-0.39, 0.29) is 6.04 Å². The van der Waals surface area contributed by atoms with Gasteiger partial charge in [0.2, 0.25) is 0 Å². The Bertz CT molecular complexity index is 863. The lowest BCUT2D eigenvalue weighted by atomic mass is 9.94. The Morgan fingerprint density at radius 2 is 2.09 bits per heavy atom. The Hall–Kier alpha value is -1.34. The summed E-state index contributed by atoms with van der Waals surface area (Å²) in [5.74, 6) is 0. The lowest BCUT2D eigenvalue weighted by Gasteiger charge is -2.36. The average Bonchev–Trinajstić information content (AvgIpc) is 3.14. The van der Waals surface area contributed by atoms with Gasteiger partial charge in [-0.25, -0.2) is 4.68 Å². The molecule has 0 fully saturated rings. The molecule has 1 aromatic carbocycles. The van der Waals surface area contributed by atoms with Crippen LogP contribution < -0.4 is 0 Å². The molecule has 2 aromatic heterocycles. The van der Waals surface area contributed by atoms with Gasteiger partial charge in [-0.3, -0.25) is 4.90 Å². The van der Waals surface area contributed by atoms with Gasteiger partial charge in [-0.05, 0) is 48.1 Å². The Morgan fingerprint density at radius 3 is 2.83 bits per heavy atom. The molecule has 0 amide bonds. The van der Waals surface area contributed by atoms with Crippen LogP contribution in [0.1, 0.15) is 27.1 Å². The van der Waals surface area contributed by atoms with Crippen molar-refractivity contribution in [3.63, 3.8) is 0 Å². The van der Waals surface area contributed by atoms with Crippen LogP contribution in [0, 0.1) is 10.9 Å². The fraction of sp³-hybridized carbons (Fsp3) is 0.294. The Labute approximate surface area is 148 Å². The van der Waals surface area contributed by atoms with Crippen LogP contribution >= 0.6 is 34.9 Å². The van der Waals surface area contributed by atoms with Gasteiger partial charge in [0, 0.05) is 11.4 Å². The standard InChI is InChI=1S/C17H17N3S3/c1-12-18-20(17(21)23-12)11-19-9-7-15-14(8-10-22-15)16(19)13-5-3-2-4-6-13/h2-6,8,10,16H,7,9,11H2,1H3/t16-/m0/s1. The monoisotopic (exact) mass is 359 g/mol. The predicted molar refractivity (Wildman–Crippen MR) is 98.7 cm³/mol. The number of hydrogen-bond donors (Lipinski definition) is 0. The fourth-order valence-electron chi connectivity index (χ4n) is 3.22. The van der Waals surface area contributed by atoms with Crippen molar-refractivity contribution in [2.45, 2.75) is 26.1 Å². The van der Waals surface area contributed by atoms with Crippen molar-refractivity contribution in [3.05, 3.63) is 66.7 Å². The molecule has 23 heavy (non-hydrogen) atoms. The molecule has 1 aliphatic heterocycles. The molecule has 0 saturated carbocycles. The van der Waals surface area contributed by atoms with Gasteiger partial charge in [0.05, 0.1) is 12.7 Å². The quantitative estimate of drug-likeness (QED) is 0.635. The van der Waals surface area contributed by atoms with E-state index < -0.39 is 0 Å². The van der Waals surface area contributed by atoms with Crippen LogP contribution in [-0.2, 0) is 13.1 Å². The van der Waals surface area contributed by atoms with E-state index in [0.717, 1.165) is 28.6 Å². The summed E-state index contributed by atoms with van der Waals surface area (Å²) in [6.07, 6.45) is 1.10. The molecule has 0 bridgehead atoms. The van der Waals surface area contributed by atoms with Crippen molar-refractivity contribution in [2.24, 2.45) is 0 Å². The van der Waals surface area contributed by atoms with Crippen molar-refractivity contribution in [2.75, 3.05) is 6.54 Å². The van der Waals surface area contributed by atoms with E-state index in [1.165, 1.54) is 16.0 Å². The highest BCUT2D eigenvalue weighted by atomic mass is 32.1. The van der Waals surface area contributed by atoms with Gasteiger partial charge in [-0.2, -0.15) is 5.10 Å². The molecule has 0 radical (unpaired) electrons. The zero-order valence-corrected chi connectivity index (χ0v) is 15.3. The maximum Gasteiger partial charge on any atom is 0.180 e. The van der Waals surface area contributed by atoms with Crippen molar-refractivity contribution >= 4 is 34.9 Å². The third kappa shape index (κ3) is 2.92. The molecule has 4 rings (SSSR count). The summed E-state index contributed by atoms with van der Waals surface area (Å²) in [5.41, 5.74) is 2.77. The Kier molecular flexibility index (Phi) is 4.15. The molecule has 1 atom stereocenters. The molecule has 0 N–H and O–H groups in total. The van der Waals surface area contributed by atoms with E-state index in [1.807, 2.05) is 22.9 Å². The lowest BCUT2D eigenvalue weighted by Crippen LogP contribution is -2.37. The number of hydrogen-bond acceptors (Lipinski definition) is 5. The number of thiophene rings is 1. The maximum absolute atomic E-state index is 5.45. The molecule has 0 aliphatic carbocycles. The zero-order valence-electron chi connectivity index (χ0n) is 12.8. The number of nitrogens with zero attached hydrogens (tertiary/aromatic N) is 3. The molecule has 0 spiro atoms. The number of aryl methyl sites for hydroxylation is 1. The summed E-state index contributed by atoms with van der Waals surface area (Å²) in [7, 11) is 0. The van der Waals surface area contributed by atoms with E-state index in [4.69, 9.17) is 12.2 Å². The van der Waals surface area contributed by atoms with Crippen LogP contribution in [0.4, 0.5) is 0 Å². The first-order valence-electron chi connectivity index (χ1n) is 7.62. The van der Waals surface area contributed by atoms with Gasteiger partial charge < -0.3 is 0 Å². The number of benzene rings is 1. The molecule has 3 aromatic rings. The van der Waals surface area contributed by atoms with Gasteiger partial charge in [0.15, 0.2) is 3.95 Å². The van der Waals surface area contributed by atoms with Gasteiger partial charge in [-0.15, -0.1) is 11.3 Å². The topological polar surface area (TPSA) is 21.1 Å². The summed E-state index contributed by atoms with van der Waals surface area (Å²) in [5, 5.41) is 7.81. The summed E-state index contributed by atoms with van der Waals surface area (Å²) in [6, 6.07) is 13.3. The average molecular weight is 360 g/mol. The molecule has 6 heteroatoms. The molecule has 0 saturated heterocycles. The summed E-state index contributed by atoms with van der Waals surface area (Å²) >= 11 is 8.91. The summed E-state index contributed by atoms with van der Waals surface area (Å²) in [6.45, 7) is 3.79. The van der Waals surface area contributed by atoms with Crippen molar-refractivity contribution in [1.29, 1.82) is 0 Å². The summed E-state index contributed by atoms with van der Waals surface area (Å²) in [4.78, 5) is 3.99. The molecular weight excluding hydrogens is 342 g/mol. The zero-order chi connectivity index (χ0) is 15.8. The maximum atomic E-state index is 5.45. The second kappa shape index (κ2) is 6.28. The third-order valence-electron chi connectivity index (χ3n) is 4.20. The number of fused-ring (bicyclic) bond motifs is 1. The van der Waals surface area contributed by atoms with E-state index >= 15 is 0 Å². The molecule has 1 aliphatic rings. The van der Waals surface area contributed by atoms with Crippen molar-refractivity contribution in [3.8, 4) is 0 Å². The smallest absolute Gasteiger partial charge is 0.180 e. The molecule has 0 unspecified atom stereocenters. The summed E-state index contributed by atoms with van der Waals surface area (Å²) < 4.78 is 2.81. The molecule has 3 nitrogen and oxygen atoms in total. The van der Waals surface area contributed by atoms with Crippen molar-refractivity contribution in [1.82, 2.24) is 14.7 Å². The highest BCUT2D eigenvalue weighted by Gasteiger charge is 2.29. The second-order valence-electron chi connectivity index (χ2n) is 5.70. The van der Waals surface area contributed by atoms with Crippen LogP contribution in [0.3, 0.4) is 0 Å². The molecular formula is C17H17N3S3. The highest BCUT2D eigenvalue weighted by molar-refractivity contribution is 7.73. The van der Waals surface area contributed by atoms with E-state index in [9.17, 15) is 0 Å². The van der Waals surface area contributed by atoms with Crippen LogP contribution in [0.5, 0.6) is 0 Å². The van der Waals surface area contributed by atoms with Gasteiger partial charge in [0.25, 0.3) is 0 Å². The number of rotatable bonds is 3. The van der Waals surface area contributed by atoms with Crippen LogP contribution in [-0.4, -0.2) is 21.2 Å². The molecule has 3 heterocycles. The van der Waals surface area contributed by atoms with E-state index in [0.29, 0.717) is 0 Å². The first-order chi connectivity index (χ1) is 11.2. The lowest BCUT2D eigenvalue weighted by molar-refractivity contribution is 0.157. The SMILES string of the molecule is Cc1nn(CN2CCc3sccc3[C@@H]2c2ccccc2)c(=S)s1. The predicted octanol–water partition coefficient (Wildman–Crippen LogP) is 4.65. The minimum atomic E-state index is 0.287. The minimum Gasteiger partial charge on any atom is -0.273 e. The Balaban J connectivity index is 1.73. The highest BCUT2D eigenvalue weighted by Crippen LogP contribution is 2.37.